The standard InChI is InChI=1S/C39H28/c1-25-19-21-26(22-20-25)29-23-24-34-37-30(29)17-10-18-33(37)38-35(27-11-4-2-5-12-27)31-15-8-9-16-32(31)36(39(34)38)28-13-6-3-7-14-28/h2,4-6,8-24H,3,7H2,1H3. The Hall–Kier alpha value is -4.68. The second-order valence-electron chi connectivity index (χ2n) is 10.8. The fourth-order valence-electron chi connectivity index (χ4n) is 6.79. The van der Waals surface area contributed by atoms with Crippen LogP contribution in [0.1, 0.15) is 24.0 Å². The SMILES string of the molecule is Cc1ccc(-c2ccc3c4c(cccc24)-c2c-3c(C3=CCCC=C3)c3ccccc3c2-c2ccccc2)cc1. The van der Waals surface area contributed by atoms with Crippen LogP contribution in [0.4, 0.5) is 0 Å². The molecule has 0 heteroatoms. The van der Waals surface area contributed by atoms with Crippen molar-refractivity contribution in [3.8, 4) is 44.5 Å². The summed E-state index contributed by atoms with van der Waals surface area (Å²) in [6.07, 6.45) is 9.31. The van der Waals surface area contributed by atoms with E-state index in [1.54, 1.807) is 0 Å². The van der Waals surface area contributed by atoms with Crippen LogP contribution in [-0.2, 0) is 0 Å². The molecular weight excluding hydrogens is 468 g/mol. The fraction of sp³-hybridized carbons (Fsp3) is 0.0769. The zero-order valence-corrected chi connectivity index (χ0v) is 22.0. The molecule has 6 aromatic carbocycles. The van der Waals surface area contributed by atoms with Gasteiger partial charge in [0.25, 0.3) is 0 Å². The highest BCUT2D eigenvalue weighted by atomic mass is 14.3. The van der Waals surface area contributed by atoms with Gasteiger partial charge in [-0.05, 0) is 97.0 Å². The summed E-state index contributed by atoms with van der Waals surface area (Å²) < 4.78 is 0. The number of benzene rings is 6. The number of hydrogen-bond donors (Lipinski definition) is 0. The molecule has 0 radical (unpaired) electrons. The van der Waals surface area contributed by atoms with E-state index in [1.165, 1.54) is 82.8 Å². The first-order chi connectivity index (χ1) is 19.3. The minimum Gasteiger partial charge on any atom is -0.0836 e. The molecule has 0 saturated carbocycles. The monoisotopic (exact) mass is 496 g/mol. The first kappa shape index (κ1) is 22.3. The Kier molecular flexibility index (Phi) is 4.97. The largest absolute Gasteiger partial charge is 0.0836 e. The molecule has 184 valence electrons. The minimum atomic E-state index is 1.09. The van der Waals surface area contributed by atoms with E-state index in [4.69, 9.17) is 0 Å². The van der Waals surface area contributed by atoms with Gasteiger partial charge < -0.3 is 0 Å². The second-order valence-corrected chi connectivity index (χ2v) is 10.8. The van der Waals surface area contributed by atoms with Gasteiger partial charge in [0.05, 0.1) is 0 Å². The van der Waals surface area contributed by atoms with E-state index >= 15 is 0 Å². The summed E-state index contributed by atoms with van der Waals surface area (Å²) in [6, 6.07) is 40.6. The van der Waals surface area contributed by atoms with Crippen LogP contribution < -0.4 is 0 Å². The molecule has 0 unspecified atom stereocenters. The molecule has 0 nitrogen and oxygen atoms in total. The molecule has 2 aliphatic carbocycles. The molecule has 0 atom stereocenters. The Bertz CT molecular complexity index is 1980. The van der Waals surface area contributed by atoms with Crippen LogP contribution in [0.3, 0.4) is 0 Å². The third kappa shape index (κ3) is 3.31. The molecule has 0 heterocycles. The van der Waals surface area contributed by atoms with Gasteiger partial charge in [0.15, 0.2) is 0 Å². The van der Waals surface area contributed by atoms with Crippen molar-refractivity contribution >= 4 is 27.1 Å². The van der Waals surface area contributed by atoms with E-state index in [1.807, 2.05) is 0 Å². The van der Waals surface area contributed by atoms with E-state index < -0.39 is 0 Å². The van der Waals surface area contributed by atoms with Gasteiger partial charge in [0.2, 0.25) is 0 Å². The molecule has 0 N–H and O–H groups in total. The summed E-state index contributed by atoms with van der Waals surface area (Å²) >= 11 is 0. The van der Waals surface area contributed by atoms with Gasteiger partial charge >= 0.3 is 0 Å². The van der Waals surface area contributed by atoms with Crippen molar-refractivity contribution in [2.45, 2.75) is 19.8 Å². The van der Waals surface area contributed by atoms with E-state index in [9.17, 15) is 0 Å². The molecule has 6 aromatic rings. The molecule has 0 spiro atoms. The van der Waals surface area contributed by atoms with Gasteiger partial charge in [-0.1, -0.05) is 133 Å². The maximum atomic E-state index is 2.44. The van der Waals surface area contributed by atoms with Crippen LogP contribution in [0, 0.1) is 6.92 Å². The van der Waals surface area contributed by atoms with Crippen molar-refractivity contribution in [3.63, 3.8) is 0 Å². The average Bonchev–Trinajstić information content (AvgIpc) is 3.32. The maximum Gasteiger partial charge on any atom is -0.000741 e. The zero-order valence-electron chi connectivity index (χ0n) is 22.0. The average molecular weight is 497 g/mol. The second kappa shape index (κ2) is 8.68. The predicted molar refractivity (Wildman–Crippen MR) is 168 cm³/mol. The molecule has 0 bridgehead atoms. The molecule has 0 aromatic heterocycles. The third-order valence-corrected chi connectivity index (χ3v) is 8.50. The van der Waals surface area contributed by atoms with Crippen molar-refractivity contribution in [2.24, 2.45) is 0 Å². The highest BCUT2D eigenvalue weighted by Crippen LogP contribution is 2.57. The van der Waals surface area contributed by atoms with Crippen molar-refractivity contribution in [2.75, 3.05) is 0 Å². The van der Waals surface area contributed by atoms with Gasteiger partial charge in [0.1, 0.15) is 0 Å². The molecule has 2 aliphatic rings. The molecule has 8 rings (SSSR count). The number of aryl methyl sites for hydroxylation is 1. The van der Waals surface area contributed by atoms with Crippen LogP contribution in [0.25, 0.3) is 71.6 Å². The number of rotatable bonds is 3. The molecule has 0 saturated heterocycles. The van der Waals surface area contributed by atoms with Gasteiger partial charge in [-0.15, -0.1) is 0 Å². The maximum absolute atomic E-state index is 2.44. The first-order valence-corrected chi connectivity index (χ1v) is 13.9. The van der Waals surface area contributed by atoms with Crippen LogP contribution in [0.5, 0.6) is 0 Å². The van der Waals surface area contributed by atoms with Gasteiger partial charge in [-0.25, -0.2) is 0 Å². The summed E-state index contributed by atoms with van der Waals surface area (Å²) in [4.78, 5) is 0. The molecular formula is C39H28. The van der Waals surface area contributed by atoms with E-state index in [-0.39, 0.29) is 0 Å². The van der Waals surface area contributed by atoms with Gasteiger partial charge in [-0.3, -0.25) is 0 Å². The van der Waals surface area contributed by atoms with Crippen molar-refractivity contribution < 1.29 is 0 Å². The summed E-state index contributed by atoms with van der Waals surface area (Å²) in [7, 11) is 0. The third-order valence-electron chi connectivity index (χ3n) is 8.50. The van der Waals surface area contributed by atoms with Crippen molar-refractivity contribution in [1.82, 2.24) is 0 Å². The molecule has 0 fully saturated rings. The summed E-state index contributed by atoms with van der Waals surface area (Å²) in [5, 5.41) is 5.35. The Labute approximate surface area is 229 Å². The lowest BCUT2D eigenvalue weighted by Crippen LogP contribution is -1.96. The zero-order chi connectivity index (χ0) is 25.9. The van der Waals surface area contributed by atoms with Crippen LogP contribution in [-0.4, -0.2) is 0 Å². The van der Waals surface area contributed by atoms with Crippen molar-refractivity contribution in [3.05, 3.63) is 139 Å². The lowest BCUT2D eigenvalue weighted by molar-refractivity contribution is 1.04. The Morgan fingerprint density at radius 1 is 0.462 bits per heavy atom. The molecule has 0 aliphatic heterocycles. The Morgan fingerprint density at radius 2 is 1.13 bits per heavy atom. The fourth-order valence-corrected chi connectivity index (χ4v) is 6.79. The highest BCUT2D eigenvalue weighted by Gasteiger charge is 2.31. The van der Waals surface area contributed by atoms with E-state index in [2.05, 4.69) is 134 Å². The minimum absolute atomic E-state index is 1.09. The number of fused-ring (bicyclic) bond motifs is 4. The van der Waals surface area contributed by atoms with Crippen LogP contribution in [0.15, 0.2) is 127 Å². The molecule has 39 heavy (non-hydrogen) atoms. The van der Waals surface area contributed by atoms with Gasteiger partial charge in [0, 0.05) is 0 Å². The summed E-state index contributed by atoms with van der Waals surface area (Å²) in [5.74, 6) is 0. The van der Waals surface area contributed by atoms with Crippen molar-refractivity contribution in [1.29, 1.82) is 0 Å². The lowest BCUT2D eigenvalue weighted by Gasteiger charge is -2.21. The predicted octanol–water partition coefficient (Wildman–Crippen LogP) is 11.0. The van der Waals surface area contributed by atoms with E-state index in [0.29, 0.717) is 0 Å². The quantitative estimate of drug-likeness (QED) is 0.228. The smallest absolute Gasteiger partial charge is 0.000741 e. The van der Waals surface area contributed by atoms with Crippen LogP contribution >= 0.6 is 0 Å². The first-order valence-electron chi connectivity index (χ1n) is 13.9. The normalized spacial score (nSPS) is 13.6. The van der Waals surface area contributed by atoms with Crippen LogP contribution in [0.2, 0.25) is 0 Å². The highest BCUT2D eigenvalue weighted by molar-refractivity contribution is 6.27. The van der Waals surface area contributed by atoms with E-state index in [0.717, 1.165) is 12.8 Å². The molecule has 0 amide bonds. The Balaban J connectivity index is 1.55. The number of hydrogen-bond acceptors (Lipinski definition) is 0. The van der Waals surface area contributed by atoms with Gasteiger partial charge in [-0.2, -0.15) is 0 Å². The number of allylic oxidation sites excluding steroid dienone is 4. The summed E-state index contributed by atoms with van der Waals surface area (Å²) in [5.41, 5.74) is 14.6. The topological polar surface area (TPSA) is 0 Å². The Morgan fingerprint density at radius 3 is 1.90 bits per heavy atom. The lowest BCUT2D eigenvalue weighted by atomic mass is 9.81. The summed E-state index contributed by atoms with van der Waals surface area (Å²) in [6.45, 7) is 2.15.